The van der Waals surface area contributed by atoms with Crippen LogP contribution in [0.4, 0.5) is 11.4 Å². The van der Waals surface area contributed by atoms with Crippen LogP contribution in [-0.2, 0) is 4.79 Å². The Hall–Kier alpha value is -2.82. The predicted octanol–water partition coefficient (Wildman–Crippen LogP) is 4.71. The van der Waals surface area contributed by atoms with Crippen LogP contribution in [-0.4, -0.2) is 17.9 Å². The van der Waals surface area contributed by atoms with Gasteiger partial charge in [0, 0.05) is 22.9 Å². The first-order chi connectivity index (χ1) is 12.4. The Bertz CT molecular complexity index is 771. The fourth-order valence-electron chi connectivity index (χ4n) is 2.19. The summed E-state index contributed by atoms with van der Waals surface area (Å²) in [6, 6.07) is 14.2. The van der Waals surface area contributed by atoms with E-state index in [-0.39, 0.29) is 23.8 Å². The number of hydrogen-bond donors (Lipinski definition) is 2. The van der Waals surface area contributed by atoms with Gasteiger partial charge in [-0.2, -0.15) is 0 Å². The smallest absolute Gasteiger partial charge is 0.255 e. The lowest BCUT2D eigenvalue weighted by atomic mass is 10.1. The molecule has 0 aromatic heterocycles. The zero-order valence-electron chi connectivity index (χ0n) is 15.7. The number of amides is 2. The van der Waals surface area contributed by atoms with Crippen molar-refractivity contribution in [3.63, 3.8) is 0 Å². The van der Waals surface area contributed by atoms with Crippen LogP contribution < -0.4 is 15.4 Å². The van der Waals surface area contributed by atoms with Crippen LogP contribution in [0.15, 0.2) is 48.5 Å². The minimum Gasteiger partial charge on any atom is -0.491 e. The third-order valence-corrected chi connectivity index (χ3v) is 3.92. The molecule has 0 saturated heterocycles. The minimum atomic E-state index is -0.230. The Morgan fingerprint density at radius 3 is 2.27 bits per heavy atom. The molecule has 5 heteroatoms. The van der Waals surface area contributed by atoms with Crippen LogP contribution in [0, 0.1) is 5.92 Å². The van der Waals surface area contributed by atoms with Gasteiger partial charge >= 0.3 is 0 Å². The molecule has 0 spiro atoms. The van der Waals surface area contributed by atoms with Gasteiger partial charge in [-0.3, -0.25) is 9.59 Å². The van der Waals surface area contributed by atoms with Crippen molar-refractivity contribution in [3.8, 4) is 5.75 Å². The molecule has 0 fully saturated rings. The molecular weight excluding hydrogens is 328 g/mol. The molecule has 0 aliphatic carbocycles. The summed E-state index contributed by atoms with van der Waals surface area (Å²) in [5.74, 6) is 0.266. The molecule has 0 bridgehead atoms. The third-order valence-electron chi connectivity index (χ3n) is 3.92. The highest BCUT2D eigenvalue weighted by atomic mass is 16.5. The zero-order chi connectivity index (χ0) is 19.1. The maximum atomic E-state index is 12.5. The van der Waals surface area contributed by atoms with E-state index in [2.05, 4.69) is 10.6 Å². The van der Waals surface area contributed by atoms with Crippen LogP contribution >= 0.6 is 0 Å². The number of ether oxygens (including phenoxy) is 1. The van der Waals surface area contributed by atoms with Crippen LogP contribution in [0.5, 0.6) is 5.75 Å². The van der Waals surface area contributed by atoms with Gasteiger partial charge in [-0.05, 0) is 49.7 Å². The maximum Gasteiger partial charge on any atom is 0.255 e. The molecule has 0 aliphatic rings. The number of hydrogen-bond acceptors (Lipinski definition) is 3. The molecule has 0 aliphatic heterocycles. The predicted molar refractivity (Wildman–Crippen MR) is 105 cm³/mol. The normalized spacial score (nSPS) is 11.7. The lowest BCUT2D eigenvalue weighted by Gasteiger charge is -2.13. The third kappa shape index (κ3) is 5.62. The van der Waals surface area contributed by atoms with Gasteiger partial charge in [0.05, 0.1) is 6.10 Å². The Morgan fingerprint density at radius 1 is 0.962 bits per heavy atom. The van der Waals surface area contributed by atoms with Gasteiger partial charge in [0.15, 0.2) is 0 Å². The van der Waals surface area contributed by atoms with Crippen molar-refractivity contribution in [1.29, 1.82) is 0 Å². The molecule has 138 valence electrons. The molecular formula is C21H26N2O3. The monoisotopic (exact) mass is 354 g/mol. The van der Waals surface area contributed by atoms with E-state index >= 15 is 0 Å². The van der Waals surface area contributed by atoms with E-state index in [0.717, 1.165) is 6.42 Å². The number of benzene rings is 2. The summed E-state index contributed by atoms with van der Waals surface area (Å²) in [6.07, 6.45) is 0.986. The van der Waals surface area contributed by atoms with E-state index in [1.54, 1.807) is 42.5 Å². The average Bonchev–Trinajstić information content (AvgIpc) is 2.62. The molecule has 0 radical (unpaired) electrons. The highest BCUT2D eigenvalue weighted by Crippen LogP contribution is 2.19. The summed E-state index contributed by atoms with van der Waals surface area (Å²) in [7, 11) is 0. The number of carbonyl (C=O) groups is 2. The molecule has 2 aromatic rings. The van der Waals surface area contributed by atoms with Gasteiger partial charge in [-0.15, -0.1) is 0 Å². The van der Waals surface area contributed by atoms with Crippen LogP contribution in [0.2, 0.25) is 0 Å². The zero-order valence-corrected chi connectivity index (χ0v) is 15.7. The summed E-state index contributed by atoms with van der Waals surface area (Å²) in [5.41, 5.74) is 1.78. The van der Waals surface area contributed by atoms with E-state index in [4.69, 9.17) is 4.74 Å². The standard InChI is InChI=1S/C21H26N2O3/c1-5-15(4)26-19-11-6-8-16(12-19)21(25)23-18-10-7-9-17(13-18)22-20(24)14(2)3/h6-15H,5H2,1-4H3,(H,22,24)(H,23,25)/t15-/m0/s1. The molecule has 2 aromatic carbocycles. The first kappa shape index (κ1) is 19.5. The van der Waals surface area contributed by atoms with Crippen molar-refractivity contribution in [1.82, 2.24) is 0 Å². The molecule has 1 atom stereocenters. The number of nitrogens with one attached hydrogen (secondary N) is 2. The van der Waals surface area contributed by atoms with Crippen molar-refractivity contribution in [3.05, 3.63) is 54.1 Å². The topological polar surface area (TPSA) is 67.4 Å². The van der Waals surface area contributed by atoms with Gasteiger partial charge in [0.1, 0.15) is 5.75 Å². The number of rotatable bonds is 7. The second-order valence-corrected chi connectivity index (χ2v) is 6.54. The minimum absolute atomic E-state index is 0.0663. The highest BCUT2D eigenvalue weighted by Gasteiger charge is 2.10. The Balaban J connectivity index is 2.08. The van der Waals surface area contributed by atoms with Gasteiger partial charge in [0.25, 0.3) is 5.91 Å². The Morgan fingerprint density at radius 2 is 1.62 bits per heavy atom. The largest absolute Gasteiger partial charge is 0.491 e. The van der Waals surface area contributed by atoms with Gasteiger partial charge in [-0.25, -0.2) is 0 Å². The average molecular weight is 354 g/mol. The van der Waals surface area contributed by atoms with E-state index in [1.165, 1.54) is 0 Å². The van der Waals surface area contributed by atoms with Gasteiger partial charge < -0.3 is 15.4 Å². The number of anilines is 2. The second-order valence-electron chi connectivity index (χ2n) is 6.54. The molecule has 2 N–H and O–H groups in total. The van der Waals surface area contributed by atoms with Gasteiger partial charge in [0.2, 0.25) is 5.91 Å². The van der Waals surface area contributed by atoms with E-state index < -0.39 is 0 Å². The summed E-state index contributed by atoms with van der Waals surface area (Å²) in [6.45, 7) is 7.70. The van der Waals surface area contributed by atoms with Crippen molar-refractivity contribution in [2.75, 3.05) is 10.6 Å². The van der Waals surface area contributed by atoms with E-state index in [1.807, 2.05) is 33.8 Å². The molecule has 26 heavy (non-hydrogen) atoms. The second kappa shape index (κ2) is 9.04. The summed E-state index contributed by atoms with van der Waals surface area (Å²) < 4.78 is 5.76. The molecule has 0 saturated carbocycles. The summed E-state index contributed by atoms with van der Waals surface area (Å²) >= 11 is 0. The fraction of sp³-hybridized carbons (Fsp3) is 0.333. The summed E-state index contributed by atoms with van der Waals surface area (Å²) in [4.78, 5) is 24.3. The fourth-order valence-corrected chi connectivity index (χ4v) is 2.19. The lowest BCUT2D eigenvalue weighted by Crippen LogP contribution is -2.18. The quantitative estimate of drug-likeness (QED) is 0.756. The number of carbonyl (C=O) groups excluding carboxylic acids is 2. The maximum absolute atomic E-state index is 12.5. The highest BCUT2D eigenvalue weighted by molar-refractivity contribution is 6.05. The first-order valence-electron chi connectivity index (χ1n) is 8.88. The van der Waals surface area contributed by atoms with Crippen LogP contribution in [0.1, 0.15) is 44.5 Å². The first-order valence-corrected chi connectivity index (χ1v) is 8.88. The SMILES string of the molecule is CC[C@H](C)Oc1cccc(C(=O)Nc2cccc(NC(=O)C(C)C)c2)c1. The molecule has 0 unspecified atom stereocenters. The van der Waals surface area contributed by atoms with Crippen molar-refractivity contribution < 1.29 is 14.3 Å². The molecule has 2 rings (SSSR count). The van der Waals surface area contributed by atoms with E-state index in [0.29, 0.717) is 22.7 Å². The van der Waals surface area contributed by atoms with Crippen LogP contribution in [0.25, 0.3) is 0 Å². The molecule has 2 amide bonds. The van der Waals surface area contributed by atoms with Crippen molar-refractivity contribution in [2.24, 2.45) is 5.92 Å². The molecule has 5 nitrogen and oxygen atoms in total. The van der Waals surface area contributed by atoms with Crippen molar-refractivity contribution >= 4 is 23.2 Å². The lowest BCUT2D eigenvalue weighted by molar-refractivity contribution is -0.118. The van der Waals surface area contributed by atoms with Gasteiger partial charge in [-0.1, -0.05) is 32.9 Å². The molecule has 0 heterocycles. The van der Waals surface area contributed by atoms with Crippen molar-refractivity contribution in [2.45, 2.75) is 40.2 Å². The Kier molecular flexibility index (Phi) is 6.78. The Labute approximate surface area is 154 Å². The van der Waals surface area contributed by atoms with E-state index in [9.17, 15) is 9.59 Å². The van der Waals surface area contributed by atoms with Crippen LogP contribution in [0.3, 0.4) is 0 Å². The summed E-state index contributed by atoms with van der Waals surface area (Å²) in [5, 5.41) is 5.67.